The Labute approximate surface area is 113 Å². The zero-order valence-electron chi connectivity index (χ0n) is 11.9. The molecule has 102 valence electrons. The maximum Gasteiger partial charge on any atom is 0.145 e. The van der Waals surface area contributed by atoms with Crippen LogP contribution in [0.5, 0.6) is 5.75 Å². The fraction of sp³-hybridized carbons (Fsp3) is 0.400. The van der Waals surface area contributed by atoms with Crippen molar-refractivity contribution in [3.05, 3.63) is 29.5 Å². The number of nitrogens with zero attached hydrogens (tertiary/aromatic N) is 1. The van der Waals surface area contributed by atoms with Crippen LogP contribution in [0.4, 0.5) is 5.69 Å². The van der Waals surface area contributed by atoms with Gasteiger partial charge in [-0.2, -0.15) is 0 Å². The molecule has 1 aromatic carbocycles. The molecule has 0 radical (unpaired) electrons. The van der Waals surface area contributed by atoms with Gasteiger partial charge in [0, 0.05) is 11.1 Å². The first-order valence-corrected chi connectivity index (χ1v) is 6.50. The maximum atomic E-state index is 5.66. The van der Waals surface area contributed by atoms with Crippen LogP contribution in [0.2, 0.25) is 0 Å². The lowest BCUT2D eigenvalue weighted by atomic mass is 10.0. The van der Waals surface area contributed by atoms with Gasteiger partial charge in [-0.15, -0.1) is 0 Å². The largest absolute Gasteiger partial charge is 0.494 e. The topological polar surface area (TPSA) is 60.2 Å². The van der Waals surface area contributed by atoms with Gasteiger partial charge in [0.25, 0.3) is 0 Å². The molecule has 4 nitrogen and oxygen atoms in total. The minimum absolute atomic E-state index is 0.548. The molecular weight excluding hydrogens is 238 g/mol. The first-order valence-electron chi connectivity index (χ1n) is 6.50. The third kappa shape index (κ3) is 2.63. The van der Waals surface area contributed by atoms with Crippen molar-refractivity contribution in [3.63, 3.8) is 0 Å². The van der Waals surface area contributed by atoms with Gasteiger partial charge >= 0.3 is 0 Å². The number of aryl methyl sites for hydroxylation is 1. The van der Waals surface area contributed by atoms with Crippen molar-refractivity contribution in [2.45, 2.75) is 27.2 Å². The molecule has 4 heteroatoms. The number of fused-ring (bicyclic) bond motifs is 1. The second kappa shape index (κ2) is 5.45. The number of nitrogen functional groups attached to an aromatic ring is 1. The summed E-state index contributed by atoms with van der Waals surface area (Å²) >= 11 is 0. The number of rotatable bonds is 4. The van der Waals surface area contributed by atoms with E-state index in [1.165, 1.54) is 0 Å². The van der Waals surface area contributed by atoms with Crippen LogP contribution in [-0.2, 0) is 6.42 Å². The van der Waals surface area contributed by atoms with Gasteiger partial charge in [0.2, 0.25) is 0 Å². The molecule has 0 aliphatic heterocycles. The van der Waals surface area contributed by atoms with E-state index in [0.717, 1.165) is 40.0 Å². The number of ether oxygens (including phenoxy) is 1. The monoisotopic (exact) mass is 259 g/mol. The van der Waals surface area contributed by atoms with Gasteiger partial charge in [0.15, 0.2) is 0 Å². The summed E-state index contributed by atoms with van der Waals surface area (Å²) in [7, 11) is 1.66. The lowest BCUT2D eigenvalue weighted by Crippen LogP contribution is -2.10. The molecule has 0 bridgehead atoms. The van der Waals surface area contributed by atoms with E-state index in [0.29, 0.717) is 5.92 Å². The van der Waals surface area contributed by atoms with Gasteiger partial charge in [-0.1, -0.05) is 19.9 Å². The van der Waals surface area contributed by atoms with E-state index in [2.05, 4.69) is 19.3 Å². The first-order chi connectivity index (χ1) is 9.06. The summed E-state index contributed by atoms with van der Waals surface area (Å²) in [5.41, 5.74) is 6.71. The zero-order valence-corrected chi connectivity index (χ0v) is 11.9. The second-order valence-corrected chi connectivity index (χ2v) is 5.21. The summed E-state index contributed by atoms with van der Waals surface area (Å²) in [5.74, 6) is 6.99. The highest BCUT2D eigenvalue weighted by atomic mass is 16.5. The number of benzene rings is 1. The minimum Gasteiger partial charge on any atom is -0.494 e. The van der Waals surface area contributed by atoms with Crippen molar-refractivity contribution in [1.82, 2.24) is 4.98 Å². The molecule has 0 fully saturated rings. The summed E-state index contributed by atoms with van der Waals surface area (Å²) in [6.45, 7) is 6.40. The number of nitrogens with one attached hydrogen (secondary N) is 1. The molecule has 2 rings (SSSR count). The quantitative estimate of drug-likeness (QED) is 0.654. The van der Waals surface area contributed by atoms with E-state index in [9.17, 15) is 0 Å². The third-order valence-electron chi connectivity index (χ3n) is 3.18. The van der Waals surface area contributed by atoms with Crippen LogP contribution in [0.25, 0.3) is 10.9 Å². The molecule has 0 unspecified atom stereocenters. The molecule has 0 amide bonds. The summed E-state index contributed by atoms with van der Waals surface area (Å²) in [6, 6.07) is 5.99. The summed E-state index contributed by atoms with van der Waals surface area (Å²) in [6.07, 6.45) is 0.918. The van der Waals surface area contributed by atoms with Gasteiger partial charge in [0.05, 0.1) is 12.8 Å². The normalized spacial score (nSPS) is 11.1. The fourth-order valence-corrected chi connectivity index (χ4v) is 2.34. The molecule has 3 N–H and O–H groups in total. The molecule has 1 heterocycles. The predicted octanol–water partition coefficient (Wildman–Crippen LogP) is 3.04. The Morgan fingerprint density at radius 3 is 2.68 bits per heavy atom. The van der Waals surface area contributed by atoms with Crippen molar-refractivity contribution in [3.8, 4) is 5.75 Å². The number of hydrogen-bond acceptors (Lipinski definition) is 4. The van der Waals surface area contributed by atoms with Crippen LogP contribution < -0.4 is 16.0 Å². The van der Waals surface area contributed by atoms with E-state index in [1.807, 2.05) is 25.1 Å². The number of nitrogens with two attached hydrogens (primary N) is 1. The average molecular weight is 259 g/mol. The highest BCUT2D eigenvalue weighted by Gasteiger charge is 2.12. The summed E-state index contributed by atoms with van der Waals surface area (Å²) < 4.78 is 5.41. The summed E-state index contributed by atoms with van der Waals surface area (Å²) in [4.78, 5) is 4.74. The molecular formula is C15H21N3O. The van der Waals surface area contributed by atoms with E-state index >= 15 is 0 Å². The Bertz CT molecular complexity index is 593. The fourth-order valence-electron chi connectivity index (χ4n) is 2.34. The Kier molecular flexibility index (Phi) is 3.90. The van der Waals surface area contributed by atoms with Crippen molar-refractivity contribution >= 4 is 16.6 Å². The lowest BCUT2D eigenvalue weighted by Gasteiger charge is -2.14. The van der Waals surface area contributed by atoms with E-state index < -0.39 is 0 Å². The highest BCUT2D eigenvalue weighted by Crippen LogP contribution is 2.32. The molecule has 0 spiro atoms. The van der Waals surface area contributed by atoms with Crippen molar-refractivity contribution in [1.29, 1.82) is 0 Å². The van der Waals surface area contributed by atoms with Gasteiger partial charge in [-0.05, 0) is 37.0 Å². The van der Waals surface area contributed by atoms with Crippen LogP contribution in [-0.4, -0.2) is 12.1 Å². The van der Waals surface area contributed by atoms with Gasteiger partial charge < -0.3 is 10.2 Å². The van der Waals surface area contributed by atoms with Crippen molar-refractivity contribution in [2.75, 3.05) is 12.5 Å². The SMILES string of the molecule is COc1ccc(C)c2c(NN)cc(CC(C)C)nc12. The summed E-state index contributed by atoms with van der Waals surface area (Å²) in [5, 5.41) is 1.02. The molecule has 0 aliphatic carbocycles. The van der Waals surface area contributed by atoms with Crippen molar-refractivity contribution < 1.29 is 4.74 Å². The number of hydrogen-bond donors (Lipinski definition) is 2. The van der Waals surface area contributed by atoms with E-state index in [-0.39, 0.29) is 0 Å². The smallest absolute Gasteiger partial charge is 0.145 e. The maximum absolute atomic E-state index is 5.66. The van der Waals surface area contributed by atoms with Crippen LogP contribution >= 0.6 is 0 Å². The van der Waals surface area contributed by atoms with Gasteiger partial charge in [0.1, 0.15) is 11.3 Å². The lowest BCUT2D eigenvalue weighted by molar-refractivity contribution is 0.418. The van der Waals surface area contributed by atoms with Gasteiger partial charge in [-0.25, -0.2) is 4.98 Å². The molecule has 1 aromatic heterocycles. The first kappa shape index (κ1) is 13.6. The minimum atomic E-state index is 0.548. The Hall–Kier alpha value is -1.81. The number of aromatic nitrogens is 1. The van der Waals surface area contributed by atoms with Crippen LogP contribution in [0.15, 0.2) is 18.2 Å². The Morgan fingerprint density at radius 2 is 2.11 bits per heavy atom. The van der Waals surface area contributed by atoms with Crippen LogP contribution in [0.1, 0.15) is 25.1 Å². The third-order valence-corrected chi connectivity index (χ3v) is 3.18. The average Bonchev–Trinajstić information content (AvgIpc) is 2.37. The number of hydrazine groups is 1. The zero-order chi connectivity index (χ0) is 14.0. The number of pyridine rings is 1. The van der Waals surface area contributed by atoms with E-state index in [4.69, 9.17) is 15.6 Å². The molecule has 0 atom stereocenters. The number of anilines is 1. The number of methoxy groups -OCH3 is 1. The van der Waals surface area contributed by atoms with Crippen LogP contribution in [0.3, 0.4) is 0 Å². The standard InChI is InChI=1S/C15H21N3O/c1-9(2)7-11-8-12(18-16)14-10(3)5-6-13(19-4)15(14)17-11/h5-6,8-9H,7,16H2,1-4H3,(H,17,18). The molecule has 0 saturated heterocycles. The van der Waals surface area contributed by atoms with Crippen LogP contribution in [0, 0.1) is 12.8 Å². The van der Waals surface area contributed by atoms with E-state index in [1.54, 1.807) is 7.11 Å². The molecule has 19 heavy (non-hydrogen) atoms. The molecule has 0 aliphatic rings. The second-order valence-electron chi connectivity index (χ2n) is 5.21. The van der Waals surface area contributed by atoms with Gasteiger partial charge in [-0.3, -0.25) is 5.84 Å². The molecule has 0 saturated carbocycles. The highest BCUT2D eigenvalue weighted by molar-refractivity contribution is 5.97. The molecule has 2 aromatic rings. The Balaban J connectivity index is 2.72. The Morgan fingerprint density at radius 1 is 1.37 bits per heavy atom. The van der Waals surface area contributed by atoms with Crippen molar-refractivity contribution in [2.24, 2.45) is 11.8 Å². The predicted molar refractivity (Wildman–Crippen MR) is 79.4 cm³/mol.